The Balaban J connectivity index is 1.99. The maximum absolute atomic E-state index is 11.7. The van der Waals surface area contributed by atoms with Crippen LogP contribution in [0.5, 0.6) is 0 Å². The number of aryl methyl sites for hydroxylation is 1. The van der Waals surface area contributed by atoms with Crippen molar-refractivity contribution in [2.45, 2.75) is 58.7 Å². The van der Waals surface area contributed by atoms with Crippen molar-refractivity contribution in [2.75, 3.05) is 0 Å². The quantitative estimate of drug-likeness (QED) is 0.871. The zero-order valence-corrected chi connectivity index (χ0v) is 11.4. The number of aromatic nitrogens is 3. The lowest BCUT2D eigenvalue weighted by Gasteiger charge is -2.21. The fourth-order valence-electron chi connectivity index (χ4n) is 2.04. The van der Waals surface area contributed by atoms with Crippen LogP contribution in [-0.2, 0) is 17.7 Å². The molecule has 0 aliphatic carbocycles. The summed E-state index contributed by atoms with van der Waals surface area (Å²) in [4.78, 5) is 11.7. The molecule has 0 bridgehead atoms. The van der Waals surface area contributed by atoms with Crippen LogP contribution in [0.4, 0.5) is 4.79 Å². The summed E-state index contributed by atoms with van der Waals surface area (Å²) in [6.45, 7) is 8.33. The highest BCUT2D eigenvalue weighted by atomic mass is 16.6. The van der Waals surface area contributed by atoms with E-state index in [1.807, 2.05) is 27.7 Å². The number of hydrogen-bond acceptors (Lipinski definition) is 4. The van der Waals surface area contributed by atoms with E-state index in [1.54, 1.807) is 0 Å². The molecule has 1 aromatic rings. The maximum Gasteiger partial charge on any atom is 0.408 e. The van der Waals surface area contributed by atoms with E-state index in [0.717, 1.165) is 31.0 Å². The number of carbonyl (C=O) groups is 1. The molecule has 0 unspecified atom stereocenters. The molecule has 0 spiro atoms. The summed E-state index contributed by atoms with van der Waals surface area (Å²) >= 11 is 0. The van der Waals surface area contributed by atoms with Gasteiger partial charge in [-0.05, 0) is 34.1 Å². The third-order valence-electron chi connectivity index (χ3n) is 2.76. The second-order valence-corrected chi connectivity index (χ2v) is 5.60. The average Bonchev–Trinajstić information content (AvgIpc) is 2.72. The summed E-state index contributed by atoms with van der Waals surface area (Å²) in [7, 11) is 0. The predicted molar refractivity (Wildman–Crippen MR) is 66.1 cm³/mol. The van der Waals surface area contributed by atoms with E-state index >= 15 is 0 Å². The van der Waals surface area contributed by atoms with E-state index < -0.39 is 11.7 Å². The van der Waals surface area contributed by atoms with Crippen molar-refractivity contribution in [2.24, 2.45) is 0 Å². The van der Waals surface area contributed by atoms with Gasteiger partial charge in [0.25, 0.3) is 0 Å². The van der Waals surface area contributed by atoms with Crippen LogP contribution in [0, 0.1) is 0 Å². The van der Waals surface area contributed by atoms with E-state index in [-0.39, 0.29) is 6.04 Å². The molecule has 1 aromatic heterocycles. The fraction of sp³-hybridized carbons (Fsp3) is 0.750. The highest BCUT2D eigenvalue weighted by Crippen LogP contribution is 2.19. The molecular weight excluding hydrogens is 232 g/mol. The summed E-state index contributed by atoms with van der Waals surface area (Å²) in [5, 5.41) is 11.0. The molecule has 1 amide bonds. The molecule has 6 nitrogen and oxygen atoms in total. The Morgan fingerprint density at radius 3 is 2.83 bits per heavy atom. The molecule has 0 aromatic carbocycles. The van der Waals surface area contributed by atoms with Crippen molar-refractivity contribution in [1.29, 1.82) is 0 Å². The summed E-state index contributed by atoms with van der Waals surface area (Å²) in [6, 6.07) is -0.195. The first-order chi connectivity index (χ1) is 8.37. The normalized spacial score (nSPS) is 16.2. The minimum Gasteiger partial charge on any atom is -0.444 e. The highest BCUT2D eigenvalue weighted by Gasteiger charge is 2.24. The average molecular weight is 252 g/mol. The Bertz CT molecular complexity index is 447. The van der Waals surface area contributed by atoms with E-state index in [0.29, 0.717) is 0 Å². The van der Waals surface area contributed by atoms with Crippen LogP contribution < -0.4 is 5.32 Å². The number of fused-ring (bicyclic) bond motifs is 1. The second kappa shape index (κ2) is 4.59. The maximum atomic E-state index is 11.7. The molecule has 100 valence electrons. The monoisotopic (exact) mass is 252 g/mol. The summed E-state index contributed by atoms with van der Waals surface area (Å²) in [5.74, 6) is 1.80. The molecule has 0 saturated carbocycles. The molecule has 1 atom stereocenters. The number of carbonyl (C=O) groups excluding carboxylic acids is 1. The zero-order chi connectivity index (χ0) is 13.3. The van der Waals surface area contributed by atoms with E-state index in [1.165, 1.54) is 0 Å². The van der Waals surface area contributed by atoms with Gasteiger partial charge in [0.15, 0.2) is 5.82 Å². The van der Waals surface area contributed by atoms with Crippen molar-refractivity contribution >= 4 is 6.09 Å². The van der Waals surface area contributed by atoms with Crippen LogP contribution in [0.15, 0.2) is 0 Å². The number of alkyl carbamates (subject to hydrolysis) is 1. The lowest BCUT2D eigenvalue weighted by molar-refractivity contribution is 0.0505. The van der Waals surface area contributed by atoms with Crippen molar-refractivity contribution in [3.8, 4) is 0 Å². The molecule has 1 aliphatic rings. The molecule has 0 radical (unpaired) electrons. The Morgan fingerprint density at radius 1 is 1.44 bits per heavy atom. The largest absolute Gasteiger partial charge is 0.444 e. The van der Waals surface area contributed by atoms with Gasteiger partial charge >= 0.3 is 6.09 Å². The number of nitrogens with zero attached hydrogens (tertiary/aromatic N) is 3. The first-order valence-corrected chi connectivity index (χ1v) is 6.28. The van der Waals surface area contributed by atoms with E-state index in [4.69, 9.17) is 4.74 Å². The number of ether oxygens (including phenoxy) is 1. The fourth-order valence-corrected chi connectivity index (χ4v) is 2.04. The first kappa shape index (κ1) is 12.9. The summed E-state index contributed by atoms with van der Waals surface area (Å²) in [6.07, 6.45) is 1.63. The smallest absolute Gasteiger partial charge is 0.408 e. The molecule has 18 heavy (non-hydrogen) atoms. The van der Waals surface area contributed by atoms with E-state index in [2.05, 4.69) is 20.1 Å². The van der Waals surface area contributed by atoms with Gasteiger partial charge < -0.3 is 14.6 Å². The molecule has 1 aliphatic heterocycles. The molecule has 2 rings (SSSR count). The minimum atomic E-state index is -0.489. The SMILES string of the molecule is C[C@H](NC(=O)OC(C)(C)C)c1nnc2n1CCC2. The molecule has 6 heteroatoms. The van der Waals surface area contributed by atoms with Crippen LogP contribution in [0.25, 0.3) is 0 Å². The molecule has 2 heterocycles. The van der Waals surface area contributed by atoms with Gasteiger partial charge in [0, 0.05) is 13.0 Å². The molecule has 1 N–H and O–H groups in total. The standard InChI is InChI=1S/C12H20N4O2/c1-8(13-11(17)18-12(2,3)4)10-15-14-9-6-5-7-16(9)10/h8H,5-7H2,1-4H3,(H,13,17)/t8-/m0/s1. The van der Waals surface area contributed by atoms with Crippen LogP contribution >= 0.6 is 0 Å². The van der Waals surface area contributed by atoms with Crippen LogP contribution in [0.2, 0.25) is 0 Å². The van der Waals surface area contributed by atoms with Crippen molar-refractivity contribution in [1.82, 2.24) is 20.1 Å². The number of nitrogens with one attached hydrogen (secondary N) is 1. The zero-order valence-electron chi connectivity index (χ0n) is 11.4. The molecule has 0 fully saturated rings. The van der Waals surface area contributed by atoms with Gasteiger partial charge in [0.05, 0.1) is 6.04 Å². The molecular formula is C12H20N4O2. The summed E-state index contributed by atoms with van der Waals surface area (Å²) in [5.41, 5.74) is -0.489. The van der Waals surface area contributed by atoms with Gasteiger partial charge in [-0.2, -0.15) is 0 Å². The van der Waals surface area contributed by atoms with Crippen molar-refractivity contribution < 1.29 is 9.53 Å². The van der Waals surface area contributed by atoms with Crippen molar-refractivity contribution in [3.05, 3.63) is 11.6 Å². The lowest BCUT2D eigenvalue weighted by atomic mass is 10.2. The Morgan fingerprint density at radius 2 is 2.17 bits per heavy atom. The molecule has 0 saturated heterocycles. The Kier molecular flexibility index (Phi) is 3.28. The van der Waals surface area contributed by atoms with Gasteiger partial charge in [0.1, 0.15) is 11.4 Å². The van der Waals surface area contributed by atoms with E-state index in [9.17, 15) is 4.79 Å². The van der Waals surface area contributed by atoms with Gasteiger partial charge in [-0.1, -0.05) is 0 Å². The minimum absolute atomic E-state index is 0.195. The van der Waals surface area contributed by atoms with Gasteiger partial charge in [-0.25, -0.2) is 4.79 Å². The Labute approximate surface area is 107 Å². The van der Waals surface area contributed by atoms with Gasteiger partial charge in [-0.15, -0.1) is 10.2 Å². The number of hydrogen-bond donors (Lipinski definition) is 1. The number of amides is 1. The van der Waals surface area contributed by atoms with Crippen LogP contribution in [0.3, 0.4) is 0 Å². The third-order valence-corrected chi connectivity index (χ3v) is 2.76. The topological polar surface area (TPSA) is 69.0 Å². The Hall–Kier alpha value is -1.59. The highest BCUT2D eigenvalue weighted by molar-refractivity contribution is 5.68. The van der Waals surface area contributed by atoms with Crippen molar-refractivity contribution in [3.63, 3.8) is 0 Å². The van der Waals surface area contributed by atoms with Crippen LogP contribution in [-0.4, -0.2) is 26.5 Å². The van der Waals surface area contributed by atoms with Gasteiger partial charge in [-0.3, -0.25) is 0 Å². The second-order valence-electron chi connectivity index (χ2n) is 5.60. The predicted octanol–water partition coefficient (Wildman–Crippen LogP) is 1.81. The van der Waals surface area contributed by atoms with Crippen LogP contribution in [0.1, 0.15) is 51.8 Å². The van der Waals surface area contributed by atoms with Gasteiger partial charge in [0.2, 0.25) is 0 Å². The first-order valence-electron chi connectivity index (χ1n) is 6.28. The summed E-state index contributed by atoms with van der Waals surface area (Å²) < 4.78 is 7.29. The number of rotatable bonds is 2. The third kappa shape index (κ3) is 2.80. The lowest BCUT2D eigenvalue weighted by Crippen LogP contribution is -2.34.